The van der Waals surface area contributed by atoms with Crippen LogP contribution in [0.25, 0.3) is 0 Å². The third-order valence-electron chi connectivity index (χ3n) is 3.33. The molecule has 0 amide bonds. The summed E-state index contributed by atoms with van der Waals surface area (Å²) >= 11 is 5.63. The van der Waals surface area contributed by atoms with Crippen molar-refractivity contribution in [2.75, 3.05) is 36.8 Å². The van der Waals surface area contributed by atoms with E-state index >= 15 is 0 Å². The van der Waals surface area contributed by atoms with E-state index in [-0.39, 0.29) is 23.3 Å². The van der Waals surface area contributed by atoms with Gasteiger partial charge in [0.1, 0.15) is 10.8 Å². The van der Waals surface area contributed by atoms with Crippen LogP contribution in [0.4, 0.5) is 24.7 Å². The van der Waals surface area contributed by atoms with Crippen molar-refractivity contribution in [3.63, 3.8) is 0 Å². The van der Waals surface area contributed by atoms with Crippen molar-refractivity contribution in [3.05, 3.63) is 17.0 Å². The number of alkyl halides is 2. The van der Waals surface area contributed by atoms with E-state index in [0.29, 0.717) is 25.5 Å². The number of halogens is 4. The van der Waals surface area contributed by atoms with Crippen LogP contribution < -0.4 is 10.6 Å². The number of nitrogen functional groups attached to an aromatic ring is 1. The predicted molar refractivity (Wildman–Crippen MR) is 72.9 cm³/mol. The van der Waals surface area contributed by atoms with Gasteiger partial charge < -0.3 is 10.6 Å². The number of nitrogens with zero attached hydrogens (tertiary/aromatic N) is 3. The zero-order chi connectivity index (χ0) is 14.9. The van der Waals surface area contributed by atoms with Crippen LogP contribution in [0.15, 0.2) is 6.07 Å². The molecule has 112 valence electrons. The summed E-state index contributed by atoms with van der Waals surface area (Å²) in [7, 11) is 0. The average Bonchev–Trinajstić information content (AvgIpc) is 2.34. The standard InChI is InChI=1S/C12H16ClF3N4/c1-7-5-19(6-9(14)15)2-3-20(7)10-4-8(17)11(13)12(16)18-10/h4,7,9H,2-3,5-6H2,1H3,(H2,17,18)/t7-/m0/s1. The van der Waals surface area contributed by atoms with Crippen molar-refractivity contribution >= 4 is 23.1 Å². The summed E-state index contributed by atoms with van der Waals surface area (Å²) in [6.07, 6.45) is -2.35. The number of aromatic nitrogens is 1. The van der Waals surface area contributed by atoms with Gasteiger partial charge in [-0.05, 0) is 6.92 Å². The van der Waals surface area contributed by atoms with Crippen molar-refractivity contribution in [3.8, 4) is 0 Å². The molecular formula is C12H16ClF3N4. The van der Waals surface area contributed by atoms with Crippen LogP contribution in [0.3, 0.4) is 0 Å². The van der Waals surface area contributed by atoms with E-state index < -0.39 is 12.4 Å². The number of hydrogen-bond donors (Lipinski definition) is 1. The van der Waals surface area contributed by atoms with E-state index in [1.807, 2.05) is 11.8 Å². The molecule has 0 bridgehead atoms. The Hall–Kier alpha value is -1.21. The van der Waals surface area contributed by atoms with Crippen LogP contribution in [0.5, 0.6) is 0 Å². The lowest BCUT2D eigenvalue weighted by Gasteiger charge is -2.40. The fourth-order valence-corrected chi connectivity index (χ4v) is 2.48. The highest BCUT2D eigenvalue weighted by Crippen LogP contribution is 2.27. The molecule has 2 heterocycles. The molecule has 0 unspecified atom stereocenters. The van der Waals surface area contributed by atoms with Crippen LogP contribution in [0, 0.1) is 5.95 Å². The maximum atomic E-state index is 13.5. The molecule has 8 heteroatoms. The summed E-state index contributed by atoms with van der Waals surface area (Å²) in [4.78, 5) is 7.30. The normalized spacial score (nSPS) is 20.7. The number of pyridine rings is 1. The summed E-state index contributed by atoms with van der Waals surface area (Å²) in [6, 6.07) is 1.44. The van der Waals surface area contributed by atoms with Crippen molar-refractivity contribution in [2.24, 2.45) is 0 Å². The first-order valence-corrected chi connectivity index (χ1v) is 6.65. The fraction of sp³-hybridized carbons (Fsp3) is 0.583. The quantitative estimate of drug-likeness (QED) is 0.870. The number of rotatable bonds is 3. The van der Waals surface area contributed by atoms with Crippen molar-refractivity contribution in [1.29, 1.82) is 0 Å². The van der Waals surface area contributed by atoms with E-state index in [0.717, 1.165) is 0 Å². The smallest absolute Gasteiger partial charge is 0.251 e. The highest BCUT2D eigenvalue weighted by atomic mass is 35.5. The third-order valence-corrected chi connectivity index (χ3v) is 3.71. The van der Waals surface area contributed by atoms with Gasteiger partial charge >= 0.3 is 0 Å². The summed E-state index contributed by atoms with van der Waals surface area (Å²) in [6.45, 7) is 3.06. The first-order valence-electron chi connectivity index (χ1n) is 6.27. The lowest BCUT2D eigenvalue weighted by Crippen LogP contribution is -2.53. The summed E-state index contributed by atoms with van der Waals surface area (Å²) in [5.41, 5.74) is 5.74. The molecule has 1 atom stereocenters. The number of nitrogens with two attached hydrogens (primary N) is 1. The summed E-state index contributed by atoms with van der Waals surface area (Å²) < 4.78 is 38.2. The molecule has 4 nitrogen and oxygen atoms in total. The fourth-order valence-electron chi connectivity index (χ4n) is 2.39. The summed E-state index contributed by atoms with van der Waals surface area (Å²) in [5.74, 6) is -0.433. The Morgan fingerprint density at radius 1 is 1.50 bits per heavy atom. The van der Waals surface area contributed by atoms with Crippen LogP contribution in [-0.4, -0.2) is 48.5 Å². The largest absolute Gasteiger partial charge is 0.397 e. The molecule has 2 N–H and O–H groups in total. The molecule has 1 aliphatic heterocycles. The molecule has 1 aromatic rings. The first-order chi connectivity index (χ1) is 9.38. The molecule has 1 aromatic heterocycles. The molecule has 0 radical (unpaired) electrons. The van der Waals surface area contributed by atoms with Crippen molar-refractivity contribution in [1.82, 2.24) is 9.88 Å². The Bertz CT molecular complexity index is 463. The molecule has 20 heavy (non-hydrogen) atoms. The third kappa shape index (κ3) is 3.27. The van der Waals surface area contributed by atoms with Gasteiger partial charge in [0.15, 0.2) is 0 Å². The second-order valence-electron chi connectivity index (χ2n) is 4.87. The van der Waals surface area contributed by atoms with E-state index in [2.05, 4.69) is 4.98 Å². The lowest BCUT2D eigenvalue weighted by atomic mass is 10.2. The van der Waals surface area contributed by atoms with Crippen LogP contribution >= 0.6 is 11.6 Å². The van der Waals surface area contributed by atoms with Gasteiger partial charge in [-0.2, -0.15) is 4.39 Å². The first kappa shape index (κ1) is 15.2. The topological polar surface area (TPSA) is 45.4 Å². The Morgan fingerprint density at radius 2 is 2.20 bits per heavy atom. The van der Waals surface area contributed by atoms with E-state index in [1.165, 1.54) is 6.07 Å². The van der Waals surface area contributed by atoms with Crippen LogP contribution in [0.1, 0.15) is 6.92 Å². The number of piperazine rings is 1. The molecule has 1 fully saturated rings. The molecule has 0 aliphatic carbocycles. The van der Waals surface area contributed by atoms with Crippen molar-refractivity contribution in [2.45, 2.75) is 19.4 Å². The number of anilines is 2. The minimum Gasteiger partial charge on any atom is -0.397 e. The van der Waals surface area contributed by atoms with Gasteiger partial charge in [0.25, 0.3) is 6.43 Å². The van der Waals surface area contributed by atoms with Gasteiger partial charge in [0, 0.05) is 31.7 Å². The molecule has 0 aromatic carbocycles. The SMILES string of the molecule is C[C@H]1CN(CC(F)F)CCN1c1cc(N)c(Cl)c(F)n1. The van der Waals surface area contributed by atoms with Gasteiger partial charge in [-0.3, -0.25) is 4.90 Å². The van der Waals surface area contributed by atoms with Gasteiger partial charge in [0.05, 0.1) is 12.2 Å². The monoisotopic (exact) mass is 308 g/mol. The zero-order valence-corrected chi connectivity index (χ0v) is 11.7. The Labute approximate surface area is 120 Å². The second kappa shape index (κ2) is 6.05. The minimum atomic E-state index is -2.35. The molecule has 1 aliphatic rings. The highest BCUT2D eigenvalue weighted by molar-refractivity contribution is 6.33. The lowest BCUT2D eigenvalue weighted by molar-refractivity contribution is 0.0794. The molecule has 0 saturated carbocycles. The zero-order valence-electron chi connectivity index (χ0n) is 11.0. The maximum Gasteiger partial charge on any atom is 0.251 e. The van der Waals surface area contributed by atoms with Gasteiger partial charge in [0.2, 0.25) is 5.95 Å². The van der Waals surface area contributed by atoms with Crippen LogP contribution in [-0.2, 0) is 0 Å². The minimum absolute atomic E-state index is 0.0602. The Balaban J connectivity index is 2.11. The predicted octanol–water partition coefficient (Wildman–Crippen LogP) is 2.23. The molecular weight excluding hydrogens is 293 g/mol. The van der Waals surface area contributed by atoms with Gasteiger partial charge in [-0.15, -0.1) is 0 Å². The van der Waals surface area contributed by atoms with E-state index in [1.54, 1.807) is 4.90 Å². The molecule has 2 rings (SSSR count). The highest BCUT2D eigenvalue weighted by Gasteiger charge is 2.27. The number of hydrogen-bond acceptors (Lipinski definition) is 4. The Morgan fingerprint density at radius 3 is 2.75 bits per heavy atom. The molecule has 0 spiro atoms. The van der Waals surface area contributed by atoms with Crippen LogP contribution in [0.2, 0.25) is 5.02 Å². The summed E-state index contributed by atoms with van der Waals surface area (Å²) in [5, 5.41) is -0.197. The molecule has 1 saturated heterocycles. The second-order valence-corrected chi connectivity index (χ2v) is 5.25. The van der Waals surface area contributed by atoms with Gasteiger partial charge in [-0.25, -0.2) is 13.8 Å². The Kier molecular flexibility index (Phi) is 4.59. The maximum absolute atomic E-state index is 13.5. The van der Waals surface area contributed by atoms with E-state index in [9.17, 15) is 13.2 Å². The van der Waals surface area contributed by atoms with E-state index in [4.69, 9.17) is 17.3 Å². The van der Waals surface area contributed by atoms with Gasteiger partial charge in [-0.1, -0.05) is 11.6 Å². The van der Waals surface area contributed by atoms with Crippen molar-refractivity contribution < 1.29 is 13.2 Å². The average molecular weight is 309 g/mol.